The van der Waals surface area contributed by atoms with E-state index in [-0.39, 0.29) is 0 Å². The Morgan fingerprint density at radius 2 is 1.02 bits per heavy atom. The topological polar surface area (TPSA) is 12.0 Å². The van der Waals surface area contributed by atoms with Crippen molar-refractivity contribution in [3.63, 3.8) is 0 Å². The van der Waals surface area contributed by atoms with E-state index in [0.29, 0.717) is 22.3 Å². The van der Waals surface area contributed by atoms with Crippen molar-refractivity contribution in [1.29, 1.82) is 0 Å². The number of hydrogen-bond acceptors (Lipinski definition) is 1. The summed E-state index contributed by atoms with van der Waals surface area (Å²) in [7, 11) is 0. The van der Waals surface area contributed by atoms with Crippen LogP contribution in [0.15, 0.2) is 142 Å². The Balaban J connectivity index is 0.000000255. The van der Waals surface area contributed by atoms with E-state index in [0.717, 1.165) is 5.92 Å². The average Bonchev–Trinajstić information content (AvgIpc) is 3.26. The van der Waals surface area contributed by atoms with Gasteiger partial charge >= 0.3 is 228 Å². The third-order valence-electron chi connectivity index (χ3n) is 12.4. The first-order valence-corrected chi connectivity index (χ1v) is 24.3. The molecule has 4 bridgehead atoms. The molecule has 3 atom stereocenters. The first-order chi connectivity index (χ1) is 23.1. The summed E-state index contributed by atoms with van der Waals surface area (Å²) < 4.78 is 6.66. The second-order valence-electron chi connectivity index (χ2n) is 16.5. The fourth-order valence-electron chi connectivity index (χ4n) is 11.0. The molecular weight excluding hydrogens is 630 g/mol. The maximum Gasteiger partial charge on any atom is -0.0184 e. The summed E-state index contributed by atoms with van der Waals surface area (Å²) >= 11 is -1.93. The predicted molar refractivity (Wildman–Crippen MR) is 205 cm³/mol. The summed E-state index contributed by atoms with van der Waals surface area (Å²) in [5.74, 6) is 1.52. The second-order valence-corrected chi connectivity index (χ2v) is 26.3. The fraction of sp³-hybridized carbons (Fsp3) is 0.378. The van der Waals surface area contributed by atoms with Gasteiger partial charge in [0.05, 0.1) is 0 Å². The summed E-state index contributed by atoms with van der Waals surface area (Å²) in [6.07, 6.45) is 8.62. The van der Waals surface area contributed by atoms with Crippen LogP contribution in [-0.2, 0) is 17.4 Å². The molecule has 48 heavy (non-hydrogen) atoms. The molecule has 3 unspecified atom stereocenters. The first-order valence-electron chi connectivity index (χ1n) is 18.3. The molecule has 0 spiro atoms. The van der Waals surface area contributed by atoms with Crippen LogP contribution in [-0.4, -0.2) is 12.2 Å². The quantitative estimate of drug-likeness (QED) is 0.191. The molecule has 1 N–H and O–H groups in total. The first kappa shape index (κ1) is 33.7. The zero-order valence-corrected chi connectivity index (χ0v) is 32.7. The summed E-state index contributed by atoms with van der Waals surface area (Å²) in [6, 6.07) is 44.2. The molecule has 5 aliphatic carbocycles. The van der Waals surface area contributed by atoms with E-state index in [1.54, 1.807) is 27.1 Å². The van der Waals surface area contributed by atoms with Crippen LogP contribution in [0.4, 0.5) is 0 Å². The minimum atomic E-state index is -1.93. The van der Waals surface area contributed by atoms with Crippen LogP contribution >= 0.6 is 0 Å². The smallest absolute Gasteiger partial charge is 0.0184 e. The van der Waals surface area contributed by atoms with Crippen molar-refractivity contribution in [2.24, 2.45) is 22.7 Å². The Labute approximate surface area is 297 Å². The van der Waals surface area contributed by atoms with Crippen molar-refractivity contribution in [2.45, 2.75) is 85.6 Å². The van der Waals surface area contributed by atoms with E-state index in [1.807, 2.05) is 16.0 Å². The van der Waals surface area contributed by atoms with E-state index < -0.39 is 24.0 Å². The van der Waals surface area contributed by atoms with Gasteiger partial charge in [0.1, 0.15) is 0 Å². The van der Waals surface area contributed by atoms with Gasteiger partial charge in [-0.3, -0.25) is 0 Å². The molecule has 5 aliphatic rings. The predicted octanol–water partition coefficient (Wildman–Crippen LogP) is 10.0. The van der Waals surface area contributed by atoms with Gasteiger partial charge in [0.2, 0.25) is 0 Å². The Kier molecular flexibility index (Phi) is 9.50. The molecule has 0 aromatic heterocycles. The third kappa shape index (κ3) is 6.71. The molecule has 0 saturated heterocycles. The molecule has 4 aromatic carbocycles. The van der Waals surface area contributed by atoms with Gasteiger partial charge < -0.3 is 0 Å². The molecule has 0 amide bonds. The molecule has 0 radical (unpaired) electrons. The van der Waals surface area contributed by atoms with Crippen molar-refractivity contribution < 1.29 is 17.4 Å². The van der Waals surface area contributed by atoms with Crippen LogP contribution in [0, 0.1) is 22.7 Å². The number of rotatable bonds is 7. The Morgan fingerprint density at radius 3 is 1.42 bits per heavy atom. The van der Waals surface area contributed by atoms with E-state index in [4.69, 9.17) is 3.80 Å². The van der Waals surface area contributed by atoms with Crippen molar-refractivity contribution >= 4 is 17.0 Å². The average molecular weight is 685 g/mol. The molecule has 4 fully saturated rings. The molecule has 4 saturated carbocycles. The number of allylic oxidation sites excluding steroid dienone is 4. The zero-order chi connectivity index (χ0) is 33.5. The largest absolute Gasteiger partial charge is 0.0622 e. The van der Waals surface area contributed by atoms with E-state index in [1.165, 1.54) is 49.7 Å². The van der Waals surface area contributed by atoms with Crippen LogP contribution in [0.1, 0.15) is 80.1 Å². The molecule has 0 aliphatic heterocycles. The second kappa shape index (κ2) is 13.5. The molecule has 9 rings (SSSR count). The van der Waals surface area contributed by atoms with Crippen molar-refractivity contribution in [2.75, 3.05) is 0 Å². The number of nitrogens with one attached hydrogen (secondary N) is 1. The number of hydrogen-bond donors (Lipinski definition) is 1. The monoisotopic (exact) mass is 684 g/mol. The summed E-state index contributed by atoms with van der Waals surface area (Å²) in [5, 5.41) is 3.28. The minimum Gasteiger partial charge on any atom is -0.0622 e. The molecule has 0 heterocycles. The van der Waals surface area contributed by atoms with Crippen LogP contribution in [0.3, 0.4) is 0 Å². The molecule has 1 nitrogen and oxygen atoms in total. The van der Waals surface area contributed by atoms with Gasteiger partial charge in [-0.05, 0) is 11.1 Å². The van der Waals surface area contributed by atoms with Gasteiger partial charge in [-0.25, -0.2) is 0 Å². The van der Waals surface area contributed by atoms with Gasteiger partial charge in [-0.15, -0.1) is 0 Å². The SMILES string of the molecule is CC1=C(C)C(C)[C]([Ti]([NH]C23CC4CC(C)(CC(C)(C4)C2)C3)[SiH](c2ccccc2)c2ccccc2)=C1C.c1ccc(-c2ccccc2)cc1. The maximum atomic E-state index is 4.80. The van der Waals surface area contributed by atoms with Gasteiger partial charge in [-0.2, -0.15) is 0 Å². The summed E-state index contributed by atoms with van der Waals surface area (Å²) in [5.41, 5.74) is 8.80. The maximum absolute atomic E-state index is 4.80. The van der Waals surface area contributed by atoms with E-state index in [9.17, 15) is 0 Å². The Bertz CT molecular complexity index is 1690. The summed E-state index contributed by atoms with van der Waals surface area (Å²) in [4.78, 5) is 0. The van der Waals surface area contributed by atoms with Gasteiger partial charge in [0.25, 0.3) is 0 Å². The van der Waals surface area contributed by atoms with Crippen molar-refractivity contribution in [3.8, 4) is 11.1 Å². The van der Waals surface area contributed by atoms with E-state index >= 15 is 0 Å². The van der Waals surface area contributed by atoms with Crippen molar-refractivity contribution in [1.82, 2.24) is 3.80 Å². The van der Waals surface area contributed by atoms with Crippen LogP contribution in [0.2, 0.25) is 0 Å². The third-order valence-corrected chi connectivity index (χ3v) is 26.2. The van der Waals surface area contributed by atoms with Crippen LogP contribution in [0.25, 0.3) is 11.1 Å². The van der Waals surface area contributed by atoms with Crippen LogP contribution in [0.5, 0.6) is 0 Å². The van der Waals surface area contributed by atoms with Gasteiger partial charge in [-0.1, -0.05) is 60.7 Å². The summed E-state index contributed by atoms with van der Waals surface area (Å²) in [6.45, 7) is 13.6. The van der Waals surface area contributed by atoms with Gasteiger partial charge in [0, 0.05) is 0 Å². The Morgan fingerprint density at radius 1 is 0.583 bits per heavy atom. The van der Waals surface area contributed by atoms with Crippen LogP contribution < -0.4 is 14.2 Å². The Hall–Kier alpha value is -2.75. The zero-order valence-electron chi connectivity index (χ0n) is 30.0. The normalized spacial score (nSPS) is 28.9. The number of benzene rings is 4. The fourth-order valence-corrected chi connectivity index (χ4v) is 27.5. The molecule has 247 valence electrons. The molecular formula is C45H54NSiTi. The molecule has 4 aromatic rings. The van der Waals surface area contributed by atoms with E-state index in [2.05, 4.69) is 151 Å². The van der Waals surface area contributed by atoms with Gasteiger partial charge in [0.15, 0.2) is 0 Å². The van der Waals surface area contributed by atoms with Crippen molar-refractivity contribution in [3.05, 3.63) is 142 Å². The minimum absolute atomic E-state index is 0.352. The molecule has 3 heteroatoms. The standard InChI is InChI=1S/C12H20N.C12H11Si.C12H10.C9H13.Ti/c1-10-3-9-4-11(2,6-10)8-12(13,5-9)7-10;1-3-7-11(8-4-1)13-12-9-5-2-6-10-12;1-3-7-11(8-4-1)12-9-5-2-6-10-12;1-6-5-7(2)9(4)8(6)3;/h9,13H,3-8H2,1-2H3;1-10,13H;1-10H;6H,1-4H3;/q-1;;;;+1.